The topological polar surface area (TPSA) is 46.6 Å². The summed E-state index contributed by atoms with van der Waals surface area (Å²) in [6.45, 7) is -0.113. The van der Waals surface area contributed by atoms with Crippen LogP contribution < -0.4 is 9.04 Å². The average molecular weight is 440 g/mol. The molecule has 0 fully saturated rings. The molecule has 0 amide bonds. The molecule has 0 saturated heterocycles. The van der Waals surface area contributed by atoms with E-state index < -0.39 is 15.8 Å². The van der Waals surface area contributed by atoms with Crippen molar-refractivity contribution < 1.29 is 17.5 Å². The van der Waals surface area contributed by atoms with Gasteiger partial charge in [0.2, 0.25) is 0 Å². The van der Waals surface area contributed by atoms with Crippen LogP contribution in [0.5, 0.6) is 5.75 Å². The molecule has 0 unspecified atom stereocenters. The molecule has 0 spiro atoms. The number of sulfonamides is 1. The average Bonchev–Trinajstić information content (AvgIpc) is 2.68. The summed E-state index contributed by atoms with van der Waals surface area (Å²) < 4.78 is 46.3. The summed E-state index contributed by atoms with van der Waals surface area (Å²) in [5.41, 5.74) is 0.737. The molecule has 0 N–H and O–H groups in total. The van der Waals surface area contributed by atoms with Crippen molar-refractivity contribution in [2.75, 3.05) is 11.4 Å². The van der Waals surface area contributed by atoms with E-state index >= 15 is 0 Å². The Kier molecular flexibility index (Phi) is 6.13. The standard InChI is InChI=1S/C20H16Cl2FNO3S/c1-27-16-9-11-17(12-10-16)28(25,26)24(15-7-5-14(23)6-8-15)13-18-19(21)3-2-4-20(18)22/h2-12H,13H2,1H3. The molecule has 0 heterocycles. The second-order valence-electron chi connectivity index (χ2n) is 5.86. The minimum atomic E-state index is -3.99. The van der Waals surface area contributed by atoms with Crippen LogP contribution in [0, 0.1) is 5.82 Å². The summed E-state index contributed by atoms with van der Waals surface area (Å²) in [6.07, 6.45) is 0. The van der Waals surface area contributed by atoms with Crippen molar-refractivity contribution in [3.8, 4) is 5.75 Å². The fourth-order valence-electron chi connectivity index (χ4n) is 2.62. The van der Waals surface area contributed by atoms with Crippen molar-refractivity contribution >= 4 is 38.9 Å². The lowest BCUT2D eigenvalue weighted by Gasteiger charge is -2.25. The number of benzene rings is 3. The lowest BCUT2D eigenvalue weighted by Crippen LogP contribution is -2.30. The van der Waals surface area contributed by atoms with Gasteiger partial charge in [-0.2, -0.15) is 0 Å². The van der Waals surface area contributed by atoms with Gasteiger partial charge in [0, 0.05) is 15.6 Å². The smallest absolute Gasteiger partial charge is 0.264 e. The Morgan fingerprint density at radius 2 is 1.50 bits per heavy atom. The minimum absolute atomic E-state index is 0.0563. The predicted octanol–water partition coefficient (Wildman–Crippen LogP) is 5.54. The number of hydrogen-bond acceptors (Lipinski definition) is 3. The van der Waals surface area contributed by atoms with Crippen LogP contribution >= 0.6 is 23.2 Å². The highest BCUT2D eigenvalue weighted by Gasteiger charge is 2.27. The molecule has 3 aromatic rings. The van der Waals surface area contributed by atoms with Gasteiger partial charge < -0.3 is 4.74 Å². The molecule has 3 aromatic carbocycles. The molecule has 8 heteroatoms. The highest BCUT2D eigenvalue weighted by atomic mass is 35.5. The summed E-state index contributed by atoms with van der Waals surface area (Å²) in [7, 11) is -2.49. The molecule has 3 rings (SSSR count). The van der Waals surface area contributed by atoms with Crippen LogP contribution in [0.1, 0.15) is 5.56 Å². The molecule has 146 valence electrons. The van der Waals surface area contributed by atoms with Gasteiger partial charge in [-0.3, -0.25) is 4.31 Å². The number of hydrogen-bond donors (Lipinski definition) is 0. The molecule has 0 saturated carbocycles. The van der Waals surface area contributed by atoms with Crippen LogP contribution in [0.2, 0.25) is 10.0 Å². The van der Waals surface area contributed by atoms with E-state index in [0.717, 1.165) is 4.31 Å². The van der Waals surface area contributed by atoms with Gasteiger partial charge in [-0.05, 0) is 60.7 Å². The molecular formula is C20H16Cl2FNO3S. The van der Waals surface area contributed by atoms with Gasteiger partial charge in [0.15, 0.2) is 0 Å². The first-order valence-corrected chi connectivity index (χ1v) is 10.4. The normalized spacial score (nSPS) is 11.3. The fraction of sp³-hybridized carbons (Fsp3) is 0.100. The molecule has 0 aliphatic carbocycles. The highest BCUT2D eigenvalue weighted by molar-refractivity contribution is 7.92. The number of ether oxygens (including phenoxy) is 1. The van der Waals surface area contributed by atoms with E-state index in [9.17, 15) is 12.8 Å². The van der Waals surface area contributed by atoms with Crippen LogP contribution in [0.4, 0.5) is 10.1 Å². The lowest BCUT2D eigenvalue weighted by molar-refractivity contribution is 0.414. The summed E-state index contributed by atoms with van der Waals surface area (Å²) in [5.74, 6) is 0.0581. The van der Waals surface area contributed by atoms with Crippen molar-refractivity contribution in [2.45, 2.75) is 11.4 Å². The number of nitrogens with zero attached hydrogens (tertiary/aromatic N) is 1. The summed E-state index contributed by atoms with van der Waals surface area (Å²) in [6, 6.07) is 16.1. The number of halogens is 3. The third-order valence-corrected chi connectivity index (χ3v) is 6.62. The Hall–Kier alpha value is -2.28. The quantitative estimate of drug-likeness (QED) is 0.506. The lowest BCUT2D eigenvalue weighted by atomic mass is 10.2. The van der Waals surface area contributed by atoms with Crippen LogP contribution in [0.25, 0.3) is 0 Å². The van der Waals surface area contributed by atoms with E-state index in [1.807, 2.05) is 0 Å². The molecule has 4 nitrogen and oxygen atoms in total. The zero-order valence-corrected chi connectivity index (χ0v) is 17.1. The van der Waals surface area contributed by atoms with Crippen molar-refractivity contribution in [2.24, 2.45) is 0 Å². The van der Waals surface area contributed by atoms with E-state index in [1.165, 1.54) is 43.5 Å². The SMILES string of the molecule is COc1ccc(S(=O)(=O)N(Cc2c(Cl)cccc2Cl)c2ccc(F)cc2)cc1. The second kappa shape index (κ2) is 8.39. The van der Waals surface area contributed by atoms with E-state index in [0.29, 0.717) is 21.4 Å². The minimum Gasteiger partial charge on any atom is -0.497 e. The number of methoxy groups -OCH3 is 1. The fourth-order valence-corrected chi connectivity index (χ4v) is 4.57. The third kappa shape index (κ3) is 4.24. The Morgan fingerprint density at radius 1 is 0.929 bits per heavy atom. The largest absolute Gasteiger partial charge is 0.497 e. The Balaban J connectivity index is 2.10. The molecule has 0 aliphatic heterocycles. The van der Waals surface area contributed by atoms with Gasteiger partial charge in [0.25, 0.3) is 10.0 Å². The maximum Gasteiger partial charge on any atom is 0.264 e. The van der Waals surface area contributed by atoms with Gasteiger partial charge in [-0.15, -0.1) is 0 Å². The predicted molar refractivity (Wildman–Crippen MR) is 109 cm³/mol. The maximum absolute atomic E-state index is 13.4. The summed E-state index contributed by atoms with van der Waals surface area (Å²) in [4.78, 5) is 0.0563. The van der Waals surface area contributed by atoms with Crippen molar-refractivity contribution in [3.05, 3.63) is 88.2 Å². The molecule has 0 radical (unpaired) electrons. The maximum atomic E-state index is 13.4. The number of anilines is 1. The van der Waals surface area contributed by atoms with Crippen LogP contribution in [-0.2, 0) is 16.6 Å². The second-order valence-corrected chi connectivity index (χ2v) is 8.54. The summed E-state index contributed by atoms with van der Waals surface area (Å²) >= 11 is 12.5. The van der Waals surface area contributed by atoms with Crippen molar-refractivity contribution in [1.29, 1.82) is 0 Å². The molecule has 0 aromatic heterocycles. The Morgan fingerprint density at radius 3 is 2.04 bits per heavy atom. The molecule has 0 atom stereocenters. The van der Waals surface area contributed by atoms with Gasteiger partial charge in [-0.25, -0.2) is 12.8 Å². The van der Waals surface area contributed by atoms with Gasteiger partial charge >= 0.3 is 0 Å². The van der Waals surface area contributed by atoms with E-state index in [4.69, 9.17) is 27.9 Å². The zero-order chi connectivity index (χ0) is 20.3. The first-order chi connectivity index (χ1) is 13.3. The highest BCUT2D eigenvalue weighted by Crippen LogP contribution is 2.32. The molecular weight excluding hydrogens is 424 g/mol. The Bertz CT molecular complexity index is 1050. The third-order valence-electron chi connectivity index (χ3n) is 4.13. The molecule has 0 bridgehead atoms. The van der Waals surface area contributed by atoms with Crippen molar-refractivity contribution in [3.63, 3.8) is 0 Å². The summed E-state index contributed by atoms with van der Waals surface area (Å²) in [5, 5.41) is 0.675. The van der Waals surface area contributed by atoms with Gasteiger partial charge in [0.1, 0.15) is 11.6 Å². The molecule has 0 aliphatic rings. The van der Waals surface area contributed by atoms with Crippen molar-refractivity contribution in [1.82, 2.24) is 0 Å². The van der Waals surface area contributed by atoms with E-state index in [-0.39, 0.29) is 17.1 Å². The van der Waals surface area contributed by atoms with Gasteiger partial charge in [0.05, 0.1) is 24.2 Å². The first kappa shape index (κ1) is 20.5. The Labute approximate surface area is 173 Å². The molecule has 28 heavy (non-hydrogen) atoms. The van der Waals surface area contributed by atoms with E-state index in [2.05, 4.69) is 0 Å². The van der Waals surface area contributed by atoms with Crippen LogP contribution in [0.15, 0.2) is 71.6 Å². The van der Waals surface area contributed by atoms with Crippen LogP contribution in [0.3, 0.4) is 0 Å². The first-order valence-electron chi connectivity index (χ1n) is 8.18. The van der Waals surface area contributed by atoms with Gasteiger partial charge in [-0.1, -0.05) is 29.3 Å². The monoisotopic (exact) mass is 439 g/mol. The number of rotatable bonds is 6. The zero-order valence-electron chi connectivity index (χ0n) is 14.8. The van der Waals surface area contributed by atoms with Crippen LogP contribution in [-0.4, -0.2) is 15.5 Å². The van der Waals surface area contributed by atoms with E-state index in [1.54, 1.807) is 30.3 Å².